The lowest BCUT2D eigenvalue weighted by Crippen LogP contribution is -2.45. The normalized spacial score (nSPS) is 12.5. The van der Waals surface area contributed by atoms with Crippen LogP contribution in [0, 0.1) is 0 Å². The van der Waals surface area contributed by atoms with E-state index >= 15 is 0 Å². The van der Waals surface area contributed by atoms with Crippen LogP contribution < -0.4 is 5.32 Å². The zero-order valence-electron chi connectivity index (χ0n) is 60.0. The van der Waals surface area contributed by atoms with Gasteiger partial charge in [-0.1, -0.05) is 423 Å². The van der Waals surface area contributed by atoms with Gasteiger partial charge in [-0.15, -0.1) is 0 Å². The van der Waals surface area contributed by atoms with Gasteiger partial charge in [0.1, 0.15) is 0 Å². The van der Waals surface area contributed by atoms with Gasteiger partial charge in [-0.2, -0.15) is 0 Å². The number of aliphatic hydroxyl groups excluding tert-OH is 2. The molecule has 0 spiro atoms. The van der Waals surface area contributed by atoms with E-state index in [-0.39, 0.29) is 18.5 Å². The molecule has 0 saturated heterocycles. The van der Waals surface area contributed by atoms with E-state index in [1.54, 1.807) is 0 Å². The van der Waals surface area contributed by atoms with Gasteiger partial charge in [0.15, 0.2) is 0 Å². The van der Waals surface area contributed by atoms with Crippen molar-refractivity contribution in [3.63, 3.8) is 0 Å². The Bertz CT molecular complexity index is 1380. The number of aliphatic hydroxyl groups is 2. The third kappa shape index (κ3) is 73.4. The number of hydrogen-bond acceptors (Lipinski definition) is 5. The number of hydrogen-bond donors (Lipinski definition) is 3. The summed E-state index contributed by atoms with van der Waals surface area (Å²) in [6.07, 6.45) is 100.0. The monoisotopic (exact) mass is 1240 g/mol. The number of esters is 1. The molecule has 0 saturated carbocycles. The van der Waals surface area contributed by atoms with Crippen molar-refractivity contribution < 1.29 is 24.5 Å². The molecule has 0 aromatic rings. The van der Waals surface area contributed by atoms with Crippen LogP contribution in [0.5, 0.6) is 0 Å². The molecule has 0 radical (unpaired) electrons. The fourth-order valence-electron chi connectivity index (χ4n) is 13.1. The van der Waals surface area contributed by atoms with E-state index in [4.69, 9.17) is 4.74 Å². The quantitative estimate of drug-likeness (QED) is 0.0320. The molecule has 0 bridgehead atoms. The second kappa shape index (κ2) is 77.8. The SMILES string of the molecule is CCCC/C=C\C/C=C\CCCCCCCC(=O)OCCCCCCCCCCCCCCCCCCCCCCCCCCCCCCCCCCC(=O)NC(CO)C(O)CCCCCCCCCCCCCCCCCCCCCCCCCCC. The number of nitrogens with one attached hydrogen (secondary N) is 1. The smallest absolute Gasteiger partial charge is 0.305 e. The van der Waals surface area contributed by atoms with Gasteiger partial charge in [-0.05, 0) is 51.4 Å². The second-order valence-electron chi connectivity index (χ2n) is 28.1. The zero-order chi connectivity index (χ0) is 63.5. The van der Waals surface area contributed by atoms with Crippen LogP contribution >= 0.6 is 0 Å². The summed E-state index contributed by atoms with van der Waals surface area (Å²) in [6.45, 7) is 4.96. The first-order valence-electron chi connectivity index (χ1n) is 40.6. The van der Waals surface area contributed by atoms with Crippen LogP contribution in [0.1, 0.15) is 463 Å². The van der Waals surface area contributed by atoms with Gasteiger partial charge in [-0.25, -0.2) is 0 Å². The molecule has 1 amide bonds. The zero-order valence-corrected chi connectivity index (χ0v) is 60.0. The maximum absolute atomic E-state index is 12.6. The summed E-state index contributed by atoms with van der Waals surface area (Å²) >= 11 is 0. The van der Waals surface area contributed by atoms with E-state index in [2.05, 4.69) is 43.5 Å². The molecule has 88 heavy (non-hydrogen) atoms. The van der Waals surface area contributed by atoms with E-state index in [1.807, 2.05) is 0 Å². The number of carbonyl (C=O) groups is 2. The molecule has 0 aliphatic heterocycles. The Morgan fingerprint density at radius 3 is 0.898 bits per heavy atom. The number of amides is 1. The highest BCUT2D eigenvalue weighted by atomic mass is 16.5. The van der Waals surface area contributed by atoms with Crippen LogP contribution in [0.4, 0.5) is 0 Å². The van der Waals surface area contributed by atoms with Crippen LogP contribution in [0.15, 0.2) is 24.3 Å². The Morgan fingerprint density at radius 1 is 0.318 bits per heavy atom. The summed E-state index contributed by atoms with van der Waals surface area (Å²) in [7, 11) is 0. The van der Waals surface area contributed by atoms with Crippen molar-refractivity contribution in [2.45, 2.75) is 475 Å². The van der Waals surface area contributed by atoms with Crippen molar-refractivity contribution in [3.05, 3.63) is 24.3 Å². The molecular formula is C82H159NO5. The van der Waals surface area contributed by atoms with Crippen LogP contribution in [-0.4, -0.2) is 47.4 Å². The van der Waals surface area contributed by atoms with Crippen LogP contribution in [-0.2, 0) is 14.3 Å². The lowest BCUT2D eigenvalue weighted by atomic mass is 10.0. The molecule has 0 heterocycles. The standard InChI is InChI=1S/C82H159NO5/c1-3-5-7-9-11-13-15-17-19-20-21-22-23-32-35-38-41-44-47-50-54-58-62-66-70-74-80(85)79(78-84)83-81(86)75-71-67-63-59-55-51-48-45-42-39-36-33-30-28-26-24-25-27-29-31-34-37-40-43-46-49-53-57-61-65-69-73-77-88-82(87)76-72-68-64-60-56-52-18-16-14-12-10-8-6-4-2/h10,12,16,18,79-80,84-85H,3-9,11,13-15,17,19-78H2,1-2H3,(H,83,86)/b12-10-,18-16-. The van der Waals surface area contributed by atoms with Crippen LogP contribution in [0.3, 0.4) is 0 Å². The molecule has 0 rings (SSSR count). The number of allylic oxidation sites excluding steroid dienone is 4. The third-order valence-electron chi connectivity index (χ3n) is 19.3. The average Bonchev–Trinajstić information content (AvgIpc) is 3.58. The van der Waals surface area contributed by atoms with E-state index in [0.717, 1.165) is 51.4 Å². The molecule has 0 aliphatic rings. The molecule has 0 aromatic heterocycles. The van der Waals surface area contributed by atoms with E-state index in [9.17, 15) is 19.8 Å². The summed E-state index contributed by atoms with van der Waals surface area (Å²) in [5.74, 6) is -0.0168. The first-order chi connectivity index (χ1) is 43.5. The Balaban J connectivity index is 3.33. The highest BCUT2D eigenvalue weighted by molar-refractivity contribution is 5.76. The summed E-state index contributed by atoms with van der Waals surface area (Å²) in [5, 5.41) is 23.5. The fraction of sp³-hybridized carbons (Fsp3) is 0.927. The summed E-state index contributed by atoms with van der Waals surface area (Å²) in [6, 6.07) is -0.539. The first-order valence-corrected chi connectivity index (χ1v) is 40.6. The minimum Gasteiger partial charge on any atom is -0.466 e. The topological polar surface area (TPSA) is 95.9 Å². The Kier molecular flexibility index (Phi) is 76.3. The van der Waals surface area contributed by atoms with Gasteiger partial charge in [0.2, 0.25) is 5.91 Å². The minimum absolute atomic E-state index is 0.00753. The second-order valence-corrected chi connectivity index (χ2v) is 28.1. The molecule has 6 heteroatoms. The van der Waals surface area contributed by atoms with Crippen molar-refractivity contribution in [2.24, 2.45) is 0 Å². The van der Waals surface area contributed by atoms with E-state index in [1.165, 1.54) is 379 Å². The van der Waals surface area contributed by atoms with Gasteiger partial charge in [0.05, 0.1) is 25.4 Å². The maximum atomic E-state index is 12.6. The molecule has 2 unspecified atom stereocenters. The van der Waals surface area contributed by atoms with Gasteiger partial charge in [-0.3, -0.25) is 9.59 Å². The molecular weight excluding hydrogens is 1080 g/mol. The summed E-state index contributed by atoms with van der Waals surface area (Å²) in [4.78, 5) is 24.7. The lowest BCUT2D eigenvalue weighted by molar-refractivity contribution is -0.143. The number of carbonyl (C=O) groups excluding carboxylic acids is 2. The van der Waals surface area contributed by atoms with Crippen molar-refractivity contribution >= 4 is 11.9 Å². The van der Waals surface area contributed by atoms with E-state index in [0.29, 0.717) is 25.9 Å². The third-order valence-corrected chi connectivity index (χ3v) is 19.3. The molecule has 0 aromatic carbocycles. The highest BCUT2D eigenvalue weighted by Gasteiger charge is 2.20. The maximum Gasteiger partial charge on any atom is 0.305 e. The summed E-state index contributed by atoms with van der Waals surface area (Å²) in [5.41, 5.74) is 0. The Labute approximate surface area is 551 Å². The first kappa shape index (κ1) is 86.3. The van der Waals surface area contributed by atoms with Crippen LogP contribution in [0.25, 0.3) is 0 Å². The molecule has 2 atom stereocenters. The minimum atomic E-state index is -0.663. The van der Waals surface area contributed by atoms with Crippen molar-refractivity contribution in [3.8, 4) is 0 Å². The molecule has 6 nitrogen and oxygen atoms in total. The predicted molar refractivity (Wildman–Crippen MR) is 389 cm³/mol. The lowest BCUT2D eigenvalue weighted by Gasteiger charge is -2.22. The molecule has 522 valence electrons. The largest absolute Gasteiger partial charge is 0.466 e. The van der Waals surface area contributed by atoms with Crippen LogP contribution in [0.2, 0.25) is 0 Å². The molecule has 3 N–H and O–H groups in total. The molecule has 0 fully saturated rings. The van der Waals surface area contributed by atoms with Crippen molar-refractivity contribution in [1.29, 1.82) is 0 Å². The van der Waals surface area contributed by atoms with Gasteiger partial charge in [0, 0.05) is 12.8 Å². The average molecular weight is 1240 g/mol. The molecule has 0 aliphatic carbocycles. The van der Waals surface area contributed by atoms with E-state index < -0.39 is 12.1 Å². The van der Waals surface area contributed by atoms with Crippen molar-refractivity contribution in [1.82, 2.24) is 5.32 Å². The van der Waals surface area contributed by atoms with Gasteiger partial charge in [0.25, 0.3) is 0 Å². The van der Waals surface area contributed by atoms with Gasteiger partial charge < -0.3 is 20.3 Å². The summed E-state index contributed by atoms with van der Waals surface area (Å²) < 4.78 is 5.49. The van der Waals surface area contributed by atoms with Gasteiger partial charge >= 0.3 is 5.97 Å². The number of rotatable bonds is 77. The predicted octanol–water partition coefficient (Wildman–Crippen LogP) is 26.8. The fourth-order valence-corrected chi connectivity index (χ4v) is 13.1. The Morgan fingerprint density at radius 2 is 0.580 bits per heavy atom. The number of unbranched alkanes of at least 4 members (excludes halogenated alkanes) is 62. The van der Waals surface area contributed by atoms with Crippen molar-refractivity contribution in [2.75, 3.05) is 13.2 Å². The highest BCUT2D eigenvalue weighted by Crippen LogP contribution is 2.21. The Hall–Kier alpha value is -1.66. The number of ether oxygens (including phenoxy) is 1.